The molecule has 0 aliphatic heterocycles. The average Bonchev–Trinajstić information content (AvgIpc) is 2.82. The highest BCUT2D eigenvalue weighted by Gasteiger charge is 2.34. The molecule has 4 aromatic rings. The van der Waals surface area contributed by atoms with Gasteiger partial charge in [0.05, 0.1) is 28.7 Å². The average molecular weight is 434 g/mol. The highest BCUT2D eigenvalue weighted by molar-refractivity contribution is 6.18. The van der Waals surface area contributed by atoms with Crippen molar-refractivity contribution in [1.82, 2.24) is 0 Å². The lowest BCUT2D eigenvalue weighted by Gasteiger charge is -2.26. The molecule has 1 atom stereocenters. The van der Waals surface area contributed by atoms with Gasteiger partial charge in [-0.1, -0.05) is 60.7 Å². The smallest absolute Gasteiger partial charge is 0.252 e. The summed E-state index contributed by atoms with van der Waals surface area (Å²) in [6.45, 7) is 0. The van der Waals surface area contributed by atoms with Gasteiger partial charge >= 0.3 is 0 Å². The number of nitrogens with one attached hydrogen (secondary N) is 2. The molecule has 6 nitrogen and oxygen atoms in total. The van der Waals surface area contributed by atoms with Crippen molar-refractivity contribution in [1.29, 1.82) is 0 Å². The minimum absolute atomic E-state index is 0.330. The van der Waals surface area contributed by atoms with Gasteiger partial charge in [-0.15, -0.1) is 0 Å². The van der Waals surface area contributed by atoms with Crippen LogP contribution in [0.3, 0.4) is 0 Å². The Kier molecular flexibility index (Phi) is 5.03. The molecule has 0 bridgehead atoms. The van der Waals surface area contributed by atoms with Crippen molar-refractivity contribution < 1.29 is 9.59 Å². The number of benzene rings is 4. The third kappa shape index (κ3) is 3.68. The zero-order chi connectivity index (χ0) is 22.9. The van der Waals surface area contributed by atoms with Gasteiger partial charge in [-0.25, -0.2) is 0 Å². The lowest BCUT2D eigenvalue weighted by molar-refractivity contribution is -0.119. The van der Waals surface area contributed by atoms with Crippen LogP contribution in [0.5, 0.6) is 0 Å². The molecule has 2 amide bonds. The number of para-hydroxylation sites is 4. The van der Waals surface area contributed by atoms with Crippen LogP contribution in [-0.4, -0.2) is 11.8 Å². The molecule has 1 aliphatic rings. The number of amides is 2. The minimum Gasteiger partial charge on any atom is -0.397 e. The zero-order valence-corrected chi connectivity index (χ0v) is 17.7. The van der Waals surface area contributed by atoms with Gasteiger partial charge in [0.2, 0.25) is 5.91 Å². The Morgan fingerprint density at radius 3 is 1.97 bits per heavy atom. The fraction of sp³-hybridized carbons (Fsp3) is 0.0370. The monoisotopic (exact) mass is 434 g/mol. The fourth-order valence-electron chi connectivity index (χ4n) is 4.28. The summed E-state index contributed by atoms with van der Waals surface area (Å²) in [4.78, 5) is 27.0. The molecule has 162 valence electrons. The van der Waals surface area contributed by atoms with Gasteiger partial charge in [-0.2, -0.15) is 0 Å². The molecule has 1 unspecified atom stereocenters. The summed E-state index contributed by atoms with van der Waals surface area (Å²) in [5, 5.41) is 7.73. The quantitative estimate of drug-likeness (QED) is 0.347. The van der Waals surface area contributed by atoms with E-state index in [9.17, 15) is 9.59 Å². The third-order valence-electron chi connectivity index (χ3n) is 5.85. The molecule has 0 saturated carbocycles. The van der Waals surface area contributed by atoms with E-state index >= 15 is 0 Å². The van der Waals surface area contributed by atoms with E-state index in [1.807, 2.05) is 36.4 Å². The van der Waals surface area contributed by atoms with Crippen LogP contribution in [0, 0.1) is 0 Å². The first-order valence-electron chi connectivity index (χ1n) is 10.6. The lowest BCUT2D eigenvalue weighted by atomic mass is 9.79. The number of anilines is 4. The number of carbonyl (C=O) groups is 2. The van der Waals surface area contributed by atoms with Crippen LogP contribution < -0.4 is 22.1 Å². The van der Waals surface area contributed by atoms with Gasteiger partial charge in [0.25, 0.3) is 5.91 Å². The maximum absolute atomic E-state index is 13.6. The maximum atomic E-state index is 13.6. The molecule has 6 heteroatoms. The van der Waals surface area contributed by atoms with Crippen molar-refractivity contribution in [2.24, 2.45) is 0 Å². The summed E-state index contributed by atoms with van der Waals surface area (Å²) in [5.41, 5.74) is 15.9. The fourth-order valence-corrected chi connectivity index (χ4v) is 4.28. The number of rotatable bonds is 4. The van der Waals surface area contributed by atoms with E-state index in [2.05, 4.69) is 10.6 Å². The van der Waals surface area contributed by atoms with E-state index in [-0.39, 0.29) is 11.8 Å². The van der Waals surface area contributed by atoms with Gasteiger partial charge in [0.15, 0.2) is 0 Å². The van der Waals surface area contributed by atoms with Gasteiger partial charge in [-0.3, -0.25) is 9.59 Å². The molecule has 0 radical (unpaired) electrons. The van der Waals surface area contributed by atoms with Crippen LogP contribution in [0.2, 0.25) is 0 Å². The second kappa shape index (κ2) is 8.16. The molecular weight excluding hydrogens is 412 g/mol. The Balaban J connectivity index is 1.60. The minimum atomic E-state index is -0.826. The summed E-state index contributed by atoms with van der Waals surface area (Å²) in [5.74, 6) is -1.55. The summed E-state index contributed by atoms with van der Waals surface area (Å²) in [6.07, 6.45) is 1.78. The van der Waals surface area contributed by atoms with Gasteiger partial charge in [-0.05, 0) is 52.2 Å². The number of nitrogens with two attached hydrogens (primary N) is 2. The van der Waals surface area contributed by atoms with Gasteiger partial charge < -0.3 is 22.1 Å². The standard InChI is InChI=1S/C27H22N4O2/c28-20-11-1-3-13-22(20)30-26(32)19-15-17-9-5-7-16-8-6-10-18(24(16)17)25(19)27(33)31-23-14-4-2-12-21(23)29/h1-15,25H,28-29H2,(H,30,32)(H,31,33). The van der Waals surface area contributed by atoms with Crippen LogP contribution >= 0.6 is 0 Å². The van der Waals surface area contributed by atoms with Gasteiger partial charge in [0.1, 0.15) is 0 Å². The molecule has 6 N–H and O–H groups in total. The Bertz CT molecular complexity index is 1440. The Labute approximate surface area is 190 Å². The molecule has 1 aliphatic carbocycles. The molecule has 0 aromatic heterocycles. The maximum Gasteiger partial charge on any atom is 0.252 e. The van der Waals surface area contributed by atoms with Crippen molar-refractivity contribution in [2.75, 3.05) is 22.1 Å². The van der Waals surface area contributed by atoms with E-state index in [4.69, 9.17) is 11.5 Å². The predicted molar refractivity (Wildman–Crippen MR) is 134 cm³/mol. The van der Waals surface area contributed by atoms with E-state index in [1.165, 1.54) is 0 Å². The van der Waals surface area contributed by atoms with E-state index in [0.717, 1.165) is 21.9 Å². The second-order valence-electron chi connectivity index (χ2n) is 7.94. The second-order valence-corrected chi connectivity index (χ2v) is 7.94. The van der Waals surface area contributed by atoms with Crippen LogP contribution in [0.4, 0.5) is 22.7 Å². The topological polar surface area (TPSA) is 110 Å². The van der Waals surface area contributed by atoms with Crippen LogP contribution in [0.1, 0.15) is 17.0 Å². The first kappa shape index (κ1) is 20.3. The van der Waals surface area contributed by atoms with Crippen LogP contribution in [0.15, 0.2) is 90.5 Å². The third-order valence-corrected chi connectivity index (χ3v) is 5.85. The first-order valence-corrected chi connectivity index (χ1v) is 10.6. The predicted octanol–water partition coefficient (Wildman–Crippen LogP) is 4.76. The Hall–Kier alpha value is -4.58. The van der Waals surface area contributed by atoms with Crippen LogP contribution in [-0.2, 0) is 9.59 Å². The van der Waals surface area contributed by atoms with Crippen molar-refractivity contribution in [3.8, 4) is 0 Å². The summed E-state index contributed by atoms with van der Waals surface area (Å²) in [7, 11) is 0. The lowest BCUT2D eigenvalue weighted by Crippen LogP contribution is -2.30. The van der Waals surface area contributed by atoms with E-state index < -0.39 is 5.92 Å². The molecule has 0 saturated heterocycles. The summed E-state index contributed by atoms with van der Waals surface area (Å²) < 4.78 is 0. The van der Waals surface area contributed by atoms with Crippen LogP contribution in [0.25, 0.3) is 16.8 Å². The first-order chi connectivity index (χ1) is 16.0. The SMILES string of the molecule is Nc1ccccc1NC(=O)C1=Cc2cccc3cccc(c23)C1C(=O)Nc1ccccc1N. The van der Waals surface area contributed by atoms with Gasteiger partial charge in [0, 0.05) is 5.57 Å². The number of hydrogen-bond donors (Lipinski definition) is 4. The highest BCUT2D eigenvalue weighted by atomic mass is 16.2. The molecule has 4 aromatic carbocycles. The van der Waals surface area contributed by atoms with E-state index in [1.54, 1.807) is 54.6 Å². The van der Waals surface area contributed by atoms with Crippen molar-refractivity contribution in [2.45, 2.75) is 5.92 Å². The largest absolute Gasteiger partial charge is 0.397 e. The molecule has 33 heavy (non-hydrogen) atoms. The molecular formula is C27H22N4O2. The Morgan fingerprint density at radius 1 is 0.697 bits per heavy atom. The normalized spacial score (nSPS) is 14.4. The Morgan fingerprint density at radius 2 is 1.30 bits per heavy atom. The number of carbonyl (C=O) groups excluding carboxylic acids is 2. The molecule has 0 fully saturated rings. The van der Waals surface area contributed by atoms with Crippen molar-refractivity contribution in [3.05, 3.63) is 102 Å². The van der Waals surface area contributed by atoms with E-state index in [0.29, 0.717) is 28.3 Å². The highest BCUT2D eigenvalue weighted by Crippen LogP contribution is 2.40. The summed E-state index contributed by atoms with van der Waals surface area (Å²) in [6, 6.07) is 25.7. The van der Waals surface area contributed by atoms with Crippen molar-refractivity contribution >= 4 is 51.4 Å². The van der Waals surface area contributed by atoms with Crippen molar-refractivity contribution in [3.63, 3.8) is 0 Å². The molecule has 0 heterocycles. The number of hydrogen-bond acceptors (Lipinski definition) is 4. The summed E-state index contributed by atoms with van der Waals surface area (Å²) >= 11 is 0. The molecule has 0 spiro atoms. The zero-order valence-electron chi connectivity index (χ0n) is 17.7. The number of nitrogen functional groups attached to an aromatic ring is 2. The molecule has 5 rings (SSSR count).